The maximum absolute atomic E-state index is 12.6. The van der Waals surface area contributed by atoms with E-state index in [4.69, 9.17) is 14.2 Å². The number of benzene rings is 2. The predicted octanol–water partition coefficient (Wildman–Crippen LogP) is 3.88. The van der Waals surface area contributed by atoms with Gasteiger partial charge >= 0.3 is 0 Å². The number of amides is 1. The minimum absolute atomic E-state index is 0.126. The number of nitro groups is 1. The van der Waals surface area contributed by atoms with Gasteiger partial charge in [0.25, 0.3) is 5.69 Å². The minimum Gasteiger partial charge on any atom is -0.495 e. The quantitative estimate of drug-likeness (QED) is 0.443. The van der Waals surface area contributed by atoms with Crippen molar-refractivity contribution >= 4 is 29.0 Å². The zero-order valence-electron chi connectivity index (χ0n) is 15.5. The summed E-state index contributed by atoms with van der Waals surface area (Å²) < 4.78 is 16.5. The van der Waals surface area contributed by atoms with Gasteiger partial charge in [0, 0.05) is 23.4 Å². The summed E-state index contributed by atoms with van der Waals surface area (Å²) in [5.41, 5.74) is 0.132. The molecule has 2 aromatic rings. The van der Waals surface area contributed by atoms with Gasteiger partial charge in [-0.05, 0) is 31.2 Å². The topological polar surface area (TPSA) is 99.9 Å². The van der Waals surface area contributed by atoms with Crippen molar-refractivity contribution in [2.24, 2.45) is 0 Å². The number of nitro benzene ring substituents is 1. The third-order valence-corrected chi connectivity index (χ3v) is 5.15. The summed E-state index contributed by atoms with van der Waals surface area (Å²) in [6, 6.07) is 9.61. The molecule has 1 atom stereocenters. The lowest BCUT2D eigenvalue weighted by Crippen LogP contribution is -2.22. The number of thioether (sulfide) groups is 1. The van der Waals surface area contributed by atoms with Gasteiger partial charge in [0.05, 0.1) is 36.2 Å². The average Bonchev–Trinajstić information content (AvgIpc) is 2.92. The summed E-state index contributed by atoms with van der Waals surface area (Å²) in [6.45, 7) is 2.96. The fraction of sp³-hybridized carbons (Fsp3) is 0.316. The third-order valence-electron chi connectivity index (χ3n) is 4.05. The molecule has 28 heavy (non-hydrogen) atoms. The monoisotopic (exact) mass is 404 g/mol. The van der Waals surface area contributed by atoms with Crippen LogP contribution in [0.2, 0.25) is 0 Å². The van der Waals surface area contributed by atoms with Crippen LogP contribution in [-0.4, -0.2) is 36.4 Å². The molecule has 0 fully saturated rings. The molecule has 1 heterocycles. The molecule has 1 aliphatic rings. The van der Waals surface area contributed by atoms with Crippen molar-refractivity contribution in [2.45, 2.75) is 23.5 Å². The van der Waals surface area contributed by atoms with Crippen LogP contribution in [0.4, 0.5) is 11.4 Å². The third kappa shape index (κ3) is 4.66. The summed E-state index contributed by atoms with van der Waals surface area (Å²) >= 11 is 1.35. The second-order valence-electron chi connectivity index (χ2n) is 6.05. The number of fused-ring (bicyclic) bond motifs is 1. The molecule has 1 amide bonds. The number of carbonyl (C=O) groups excluding carboxylic acids is 1. The van der Waals surface area contributed by atoms with Crippen LogP contribution in [0.3, 0.4) is 0 Å². The van der Waals surface area contributed by atoms with Gasteiger partial charge in [0.2, 0.25) is 5.91 Å². The Morgan fingerprint density at radius 1 is 1.21 bits per heavy atom. The van der Waals surface area contributed by atoms with Crippen molar-refractivity contribution in [1.29, 1.82) is 0 Å². The second-order valence-corrected chi connectivity index (χ2v) is 7.46. The van der Waals surface area contributed by atoms with Gasteiger partial charge in [-0.3, -0.25) is 14.9 Å². The average molecular weight is 404 g/mol. The standard InChI is InChI=1S/C19H20N2O6S/c1-12(28-14-5-7-17-18(11-14)27-9-3-8-26-17)19(22)20-15-10-13(21(23)24)4-6-16(15)25-2/h4-7,10-12H,3,8-9H2,1-2H3,(H,20,22)/t12-/m0/s1. The molecule has 8 nitrogen and oxygen atoms in total. The molecule has 0 aromatic heterocycles. The van der Waals surface area contributed by atoms with Gasteiger partial charge < -0.3 is 19.5 Å². The molecule has 1 N–H and O–H groups in total. The Hall–Kier alpha value is -2.94. The van der Waals surface area contributed by atoms with E-state index < -0.39 is 10.2 Å². The van der Waals surface area contributed by atoms with Crippen molar-refractivity contribution in [1.82, 2.24) is 0 Å². The number of hydrogen-bond donors (Lipinski definition) is 1. The molecule has 3 rings (SSSR count). The summed E-state index contributed by atoms with van der Waals surface area (Å²) in [5.74, 6) is 1.42. The summed E-state index contributed by atoms with van der Waals surface area (Å²) in [4.78, 5) is 23.9. The van der Waals surface area contributed by atoms with E-state index >= 15 is 0 Å². The molecular formula is C19H20N2O6S. The largest absolute Gasteiger partial charge is 0.495 e. The molecule has 0 saturated heterocycles. The maximum atomic E-state index is 12.6. The zero-order chi connectivity index (χ0) is 20.1. The minimum atomic E-state index is -0.523. The number of rotatable bonds is 6. The van der Waals surface area contributed by atoms with Crippen molar-refractivity contribution < 1.29 is 23.9 Å². The lowest BCUT2D eigenvalue weighted by molar-refractivity contribution is -0.384. The number of nitrogens with zero attached hydrogens (tertiary/aromatic N) is 1. The molecule has 0 bridgehead atoms. The van der Waals surface area contributed by atoms with Crippen LogP contribution in [-0.2, 0) is 4.79 Å². The highest BCUT2D eigenvalue weighted by Crippen LogP contribution is 2.36. The van der Waals surface area contributed by atoms with Gasteiger partial charge in [0.15, 0.2) is 11.5 Å². The highest BCUT2D eigenvalue weighted by Gasteiger charge is 2.20. The Morgan fingerprint density at radius 3 is 2.68 bits per heavy atom. The van der Waals surface area contributed by atoms with Crippen LogP contribution < -0.4 is 19.5 Å². The predicted molar refractivity (Wildman–Crippen MR) is 106 cm³/mol. The van der Waals surface area contributed by atoms with Crippen LogP contribution in [0.15, 0.2) is 41.3 Å². The number of ether oxygens (including phenoxy) is 3. The number of hydrogen-bond acceptors (Lipinski definition) is 7. The fourth-order valence-electron chi connectivity index (χ4n) is 2.62. The number of nitrogens with one attached hydrogen (secondary N) is 1. The molecule has 0 unspecified atom stereocenters. The van der Waals surface area contributed by atoms with Crippen LogP contribution in [0, 0.1) is 10.1 Å². The van der Waals surface area contributed by atoms with Crippen LogP contribution in [0.25, 0.3) is 0 Å². The van der Waals surface area contributed by atoms with E-state index in [-0.39, 0.29) is 17.3 Å². The first kappa shape index (κ1) is 19.8. The van der Waals surface area contributed by atoms with Crippen molar-refractivity contribution in [3.8, 4) is 17.2 Å². The maximum Gasteiger partial charge on any atom is 0.271 e. The lowest BCUT2D eigenvalue weighted by atomic mass is 10.2. The molecule has 9 heteroatoms. The van der Waals surface area contributed by atoms with E-state index in [1.165, 1.54) is 37.1 Å². The van der Waals surface area contributed by atoms with Crippen molar-refractivity contribution in [3.05, 3.63) is 46.5 Å². The number of methoxy groups -OCH3 is 1. The Labute approximate surface area is 166 Å². The SMILES string of the molecule is COc1ccc([N+](=O)[O-])cc1NC(=O)[C@H](C)Sc1ccc2c(c1)OCCCO2. The lowest BCUT2D eigenvalue weighted by Gasteiger charge is -2.15. The number of anilines is 1. The normalized spacial score (nSPS) is 13.9. The fourth-order valence-corrected chi connectivity index (χ4v) is 3.51. The number of carbonyl (C=O) groups is 1. The van der Waals surface area contributed by atoms with Crippen molar-refractivity contribution in [2.75, 3.05) is 25.6 Å². The first-order valence-electron chi connectivity index (χ1n) is 8.67. The van der Waals surface area contributed by atoms with Gasteiger partial charge in [0.1, 0.15) is 5.75 Å². The first-order chi connectivity index (χ1) is 13.5. The zero-order valence-corrected chi connectivity index (χ0v) is 16.3. The molecular weight excluding hydrogens is 384 g/mol. The summed E-state index contributed by atoms with van der Waals surface area (Å²) in [6.07, 6.45) is 0.820. The Balaban J connectivity index is 1.71. The van der Waals surface area contributed by atoms with E-state index in [0.29, 0.717) is 30.5 Å². The number of non-ortho nitro benzene ring substituents is 1. The van der Waals surface area contributed by atoms with Gasteiger partial charge in [-0.2, -0.15) is 0 Å². The van der Waals surface area contributed by atoms with Crippen LogP contribution in [0.1, 0.15) is 13.3 Å². The van der Waals surface area contributed by atoms with Gasteiger partial charge in [-0.25, -0.2) is 0 Å². The van der Waals surface area contributed by atoms with E-state index in [0.717, 1.165) is 11.3 Å². The Kier molecular flexibility index (Phi) is 6.25. The van der Waals surface area contributed by atoms with E-state index in [2.05, 4.69) is 5.32 Å². The highest BCUT2D eigenvalue weighted by molar-refractivity contribution is 8.00. The smallest absolute Gasteiger partial charge is 0.271 e. The molecule has 148 valence electrons. The van der Waals surface area contributed by atoms with Gasteiger partial charge in [-0.15, -0.1) is 11.8 Å². The Bertz CT molecular complexity index is 889. The van der Waals surface area contributed by atoms with E-state index in [9.17, 15) is 14.9 Å². The van der Waals surface area contributed by atoms with Crippen molar-refractivity contribution in [3.63, 3.8) is 0 Å². The Morgan fingerprint density at radius 2 is 1.96 bits per heavy atom. The molecule has 0 aliphatic carbocycles. The summed E-state index contributed by atoms with van der Waals surface area (Å²) in [7, 11) is 1.44. The van der Waals surface area contributed by atoms with Crippen LogP contribution >= 0.6 is 11.8 Å². The van der Waals surface area contributed by atoms with Crippen LogP contribution in [0.5, 0.6) is 17.2 Å². The highest BCUT2D eigenvalue weighted by atomic mass is 32.2. The van der Waals surface area contributed by atoms with E-state index in [1.807, 2.05) is 18.2 Å². The van der Waals surface area contributed by atoms with E-state index in [1.54, 1.807) is 6.92 Å². The van der Waals surface area contributed by atoms with Gasteiger partial charge in [-0.1, -0.05) is 0 Å². The molecule has 0 spiro atoms. The second kappa shape index (κ2) is 8.83. The first-order valence-corrected chi connectivity index (χ1v) is 9.55. The molecule has 1 aliphatic heterocycles. The molecule has 0 radical (unpaired) electrons. The summed E-state index contributed by atoms with van der Waals surface area (Å²) in [5, 5.41) is 13.2. The molecule has 0 saturated carbocycles. The molecule has 2 aromatic carbocycles.